The van der Waals surface area contributed by atoms with Crippen molar-refractivity contribution < 1.29 is 0 Å². The van der Waals surface area contributed by atoms with Gasteiger partial charge >= 0.3 is 0 Å². The van der Waals surface area contributed by atoms with Crippen LogP contribution >= 0.6 is 22.6 Å². The zero-order valence-electron chi connectivity index (χ0n) is 5.23. The Morgan fingerprint density at radius 3 is 2.75 bits per heavy atom. The molecule has 0 aromatic heterocycles. The summed E-state index contributed by atoms with van der Waals surface area (Å²) < 4.78 is 1.12. The number of halogens is 1. The fourth-order valence-electron chi connectivity index (χ4n) is 0.411. The molecule has 0 N–H and O–H groups in total. The van der Waals surface area contributed by atoms with E-state index in [0.29, 0.717) is 0 Å². The van der Waals surface area contributed by atoms with Crippen LogP contribution in [0.15, 0.2) is 12.2 Å². The largest absolute Gasteiger partial charge is 0.0841 e. The van der Waals surface area contributed by atoms with Crippen molar-refractivity contribution in [2.45, 2.75) is 19.8 Å². The van der Waals surface area contributed by atoms with Crippen LogP contribution in [0.5, 0.6) is 0 Å². The molecule has 0 heterocycles. The van der Waals surface area contributed by atoms with Crippen molar-refractivity contribution >= 4 is 22.6 Å². The summed E-state index contributed by atoms with van der Waals surface area (Å²) in [6, 6.07) is 0. The molecular weight excluding hydrogens is 211 g/mol. The molecule has 0 unspecified atom stereocenters. The number of hydrogen-bond acceptors (Lipinski definition) is 0. The smallest absolute Gasteiger partial charge is 0.0176 e. The van der Waals surface area contributed by atoms with Crippen LogP contribution in [0.1, 0.15) is 19.8 Å². The third-order valence-corrected chi connectivity index (χ3v) is 1.33. The molecule has 0 nitrogen and oxygen atoms in total. The second-order valence-electron chi connectivity index (χ2n) is 1.61. The van der Waals surface area contributed by atoms with E-state index in [0.717, 1.165) is 4.43 Å². The standard InChI is InChI=1S/C7H12I/c1-2-3-4-5-6-7-8/h4-6H,2-3,7H2,1H3. The summed E-state index contributed by atoms with van der Waals surface area (Å²) in [7, 11) is 0. The predicted octanol–water partition coefficient (Wildman–Crippen LogP) is 2.98. The maximum Gasteiger partial charge on any atom is 0.0176 e. The van der Waals surface area contributed by atoms with Gasteiger partial charge in [0, 0.05) is 4.43 Å². The normalized spacial score (nSPS) is 10.8. The second kappa shape index (κ2) is 7.47. The van der Waals surface area contributed by atoms with Gasteiger partial charge in [-0.15, -0.1) is 0 Å². The van der Waals surface area contributed by atoms with E-state index < -0.39 is 0 Å². The molecule has 0 amide bonds. The van der Waals surface area contributed by atoms with E-state index in [9.17, 15) is 0 Å². The summed E-state index contributed by atoms with van der Waals surface area (Å²) in [5.41, 5.74) is 0. The zero-order valence-corrected chi connectivity index (χ0v) is 7.39. The summed E-state index contributed by atoms with van der Waals surface area (Å²) in [5, 5.41) is 0. The predicted molar refractivity (Wildman–Crippen MR) is 47.2 cm³/mol. The van der Waals surface area contributed by atoms with Gasteiger partial charge in [-0.05, 0) is 12.8 Å². The molecule has 0 saturated heterocycles. The van der Waals surface area contributed by atoms with Crippen LogP contribution in [0, 0.1) is 6.42 Å². The zero-order chi connectivity index (χ0) is 6.24. The molecule has 0 bridgehead atoms. The van der Waals surface area contributed by atoms with Crippen molar-refractivity contribution in [3.63, 3.8) is 0 Å². The quantitative estimate of drug-likeness (QED) is 0.390. The minimum atomic E-state index is 1.12. The second-order valence-corrected chi connectivity index (χ2v) is 2.49. The Kier molecular flexibility index (Phi) is 7.91. The van der Waals surface area contributed by atoms with Crippen molar-refractivity contribution in [3.05, 3.63) is 18.6 Å². The lowest BCUT2D eigenvalue weighted by molar-refractivity contribution is 0.922. The first kappa shape index (κ1) is 8.47. The van der Waals surface area contributed by atoms with E-state index in [2.05, 4.69) is 48.1 Å². The van der Waals surface area contributed by atoms with E-state index in [-0.39, 0.29) is 0 Å². The molecular formula is C7H12I. The minimum absolute atomic E-state index is 1.12. The van der Waals surface area contributed by atoms with Crippen LogP contribution in [0.2, 0.25) is 0 Å². The molecule has 0 spiro atoms. The van der Waals surface area contributed by atoms with E-state index in [1.807, 2.05) is 0 Å². The fourth-order valence-corrected chi connectivity index (χ4v) is 0.704. The van der Waals surface area contributed by atoms with Gasteiger partial charge < -0.3 is 0 Å². The average molecular weight is 223 g/mol. The van der Waals surface area contributed by atoms with Gasteiger partial charge in [0.25, 0.3) is 0 Å². The lowest BCUT2D eigenvalue weighted by Gasteiger charge is -1.84. The van der Waals surface area contributed by atoms with Crippen LogP contribution in [0.25, 0.3) is 0 Å². The third kappa shape index (κ3) is 6.47. The first-order valence-electron chi connectivity index (χ1n) is 2.96. The van der Waals surface area contributed by atoms with E-state index in [1.54, 1.807) is 0 Å². The lowest BCUT2D eigenvalue weighted by Crippen LogP contribution is -1.67. The molecule has 0 aromatic carbocycles. The lowest BCUT2D eigenvalue weighted by atomic mass is 10.2. The van der Waals surface area contributed by atoms with Gasteiger partial charge in [0.2, 0.25) is 0 Å². The summed E-state index contributed by atoms with van der Waals surface area (Å²) in [5.74, 6) is 0. The van der Waals surface area contributed by atoms with Gasteiger partial charge in [-0.25, -0.2) is 0 Å². The summed E-state index contributed by atoms with van der Waals surface area (Å²) >= 11 is 2.33. The number of unbranched alkanes of at least 4 members (excludes halogenated alkanes) is 2. The Morgan fingerprint density at radius 2 is 2.25 bits per heavy atom. The Bertz CT molecular complexity index is 57.4. The van der Waals surface area contributed by atoms with Gasteiger partial charge in [0.1, 0.15) is 0 Å². The Labute approximate surface area is 65.5 Å². The van der Waals surface area contributed by atoms with Crippen molar-refractivity contribution in [3.8, 4) is 0 Å². The molecule has 0 aromatic rings. The van der Waals surface area contributed by atoms with Crippen molar-refractivity contribution in [1.29, 1.82) is 0 Å². The Hall–Kier alpha value is 0.470. The molecule has 1 radical (unpaired) electrons. The maximum atomic E-state index is 2.33. The third-order valence-electron chi connectivity index (χ3n) is 0.817. The van der Waals surface area contributed by atoms with Crippen molar-refractivity contribution in [2.24, 2.45) is 0 Å². The van der Waals surface area contributed by atoms with Gasteiger partial charge in [0.15, 0.2) is 0 Å². The van der Waals surface area contributed by atoms with Crippen molar-refractivity contribution in [2.75, 3.05) is 4.43 Å². The summed E-state index contributed by atoms with van der Waals surface area (Å²) in [6.45, 7) is 2.19. The van der Waals surface area contributed by atoms with Crippen LogP contribution in [-0.4, -0.2) is 4.43 Å². The Morgan fingerprint density at radius 1 is 1.50 bits per heavy atom. The molecule has 8 heavy (non-hydrogen) atoms. The molecule has 0 fully saturated rings. The molecule has 0 rings (SSSR count). The molecule has 0 aliphatic rings. The maximum absolute atomic E-state index is 2.33. The van der Waals surface area contributed by atoms with Gasteiger partial charge in [-0.1, -0.05) is 48.1 Å². The number of allylic oxidation sites excluding steroid dienone is 2. The first-order chi connectivity index (χ1) is 3.91. The number of alkyl halides is 1. The van der Waals surface area contributed by atoms with Crippen LogP contribution < -0.4 is 0 Å². The highest BCUT2D eigenvalue weighted by Gasteiger charge is 1.75. The fraction of sp³-hybridized carbons (Fsp3) is 0.571. The molecule has 0 atom stereocenters. The monoisotopic (exact) mass is 223 g/mol. The molecule has 1 heteroatoms. The molecule has 0 aliphatic carbocycles. The highest BCUT2D eigenvalue weighted by atomic mass is 127. The van der Waals surface area contributed by atoms with E-state index in [4.69, 9.17) is 0 Å². The average Bonchev–Trinajstić information content (AvgIpc) is 1.81. The molecule has 47 valence electrons. The van der Waals surface area contributed by atoms with Gasteiger partial charge in [0.05, 0.1) is 0 Å². The van der Waals surface area contributed by atoms with Crippen LogP contribution in [-0.2, 0) is 0 Å². The van der Waals surface area contributed by atoms with Crippen LogP contribution in [0.3, 0.4) is 0 Å². The first-order valence-corrected chi connectivity index (χ1v) is 4.48. The van der Waals surface area contributed by atoms with E-state index >= 15 is 0 Å². The van der Waals surface area contributed by atoms with Gasteiger partial charge in [-0.3, -0.25) is 0 Å². The number of rotatable bonds is 4. The highest BCUT2D eigenvalue weighted by molar-refractivity contribution is 14.1. The topological polar surface area (TPSA) is 0 Å². The molecule has 0 saturated carbocycles. The van der Waals surface area contributed by atoms with E-state index in [1.165, 1.54) is 12.8 Å². The van der Waals surface area contributed by atoms with Crippen LogP contribution in [0.4, 0.5) is 0 Å². The SMILES string of the molecule is CCC[CH]C=CCI. The molecule has 0 aliphatic heterocycles. The summed E-state index contributed by atoms with van der Waals surface area (Å²) in [4.78, 5) is 0. The minimum Gasteiger partial charge on any atom is -0.0841 e. The number of hydrogen-bond donors (Lipinski definition) is 0. The highest BCUT2D eigenvalue weighted by Crippen LogP contribution is 1.93. The summed E-state index contributed by atoms with van der Waals surface area (Å²) in [6.07, 6.45) is 8.98. The van der Waals surface area contributed by atoms with Crippen molar-refractivity contribution in [1.82, 2.24) is 0 Å². The van der Waals surface area contributed by atoms with Gasteiger partial charge in [-0.2, -0.15) is 0 Å². The Balaban J connectivity index is 2.80.